The zero-order valence-corrected chi connectivity index (χ0v) is 13.4. The molecule has 0 unspecified atom stereocenters. The smallest absolute Gasteiger partial charge is 0.250 e. The largest absolute Gasteiger partial charge is 0.315 e. The molecule has 2 N–H and O–H groups in total. The second-order valence-corrected chi connectivity index (χ2v) is 7.78. The lowest BCUT2D eigenvalue weighted by atomic mass is 10.2. The summed E-state index contributed by atoms with van der Waals surface area (Å²) >= 11 is 1.26. The predicted molar refractivity (Wildman–Crippen MR) is 82.2 cm³/mol. The van der Waals surface area contributed by atoms with E-state index < -0.39 is 10.0 Å². The summed E-state index contributed by atoms with van der Waals surface area (Å²) in [5.41, 5.74) is 1.67. The number of nitrogens with one attached hydrogen (secondary N) is 2. The zero-order chi connectivity index (χ0) is 15.5. The van der Waals surface area contributed by atoms with Crippen molar-refractivity contribution < 1.29 is 12.8 Å². The summed E-state index contributed by atoms with van der Waals surface area (Å²) in [5, 5.41) is 3.01. The Morgan fingerprint density at radius 2 is 1.86 bits per heavy atom. The lowest BCUT2D eigenvalue weighted by molar-refractivity contribution is 0.583. The van der Waals surface area contributed by atoms with Gasteiger partial charge in [-0.25, -0.2) is 17.5 Å². The van der Waals surface area contributed by atoms with Crippen LogP contribution in [-0.4, -0.2) is 15.5 Å². The Bertz CT molecular complexity index is 709. The van der Waals surface area contributed by atoms with Gasteiger partial charge in [-0.1, -0.05) is 12.1 Å². The highest BCUT2D eigenvalue weighted by molar-refractivity contribution is 7.91. The molecule has 1 heterocycles. The molecule has 0 saturated heterocycles. The lowest BCUT2D eigenvalue weighted by Crippen LogP contribution is -2.22. The van der Waals surface area contributed by atoms with Gasteiger partial charge in [-0.3, -0.25) is 0 Å². The second kappa shape index (κ2) is 6.65. The van der Waals surface area contributed by atoms with Gasteiger partial charge in [-0.05, 0) is 43.3 Å². The van der Waals surface area contributed by atoms with E-state index >= 15 is 0 Å². The lowest BCUT2D eigenvalue weighted by Gasteiger charge is -2.04. The van der Waals surface area contributed by atoms with Crippen molar-refractivity contribution in [3.05, 3.63) is 52.2 Å². The van der Waals surface area contributed by atoms with Crippen LogP contribution in [0.2, 0.25) is 0 Å². The molecule has 4 nitrogen and oxygen atoms in total. The number of aryl methyl sites for hydroxylation is 1. The fourth-order valence-electron chi connectivity index (χ4n) is 1.81. The highest BCUT2D eigenvalue weighted by Gasteiger charge is 2.18. The summed E-state index contributed by atoms with van der Waals surface area (Å²) in [6, 6.07) is 7.41. The number of rotatable bonds is 6. The normalized spacial score (nSPS) is 11.8. The van der Waals surface area contributed by atoms with E-state index in [1.54, 1.807) is 18.2 Å². The molecule has 21 heavy (non-hydrogen) atoms. The Morgan fingerprint density at radius 1 is 1.19 bits per heavy atom. The van der Waals surface area contributed by atoms with Crippen LogP contribution in [0, 0.1) is 12.7 Å². The van der Waals surface area contributed by atoms with E-state index in [1.165, 1.54) is 23.5 Å². The van der Waals surface area contributed by atoms with Crippen LogP contribution < -0.4 is 10.0 Å². The maximum absolute atomic E-state index is 12.8. The van der Waals surface area contributed by atoms with Gasteiger partial charge in [0.15, 0.2) is 0 Å². The minimum absolute atomic E-state index is 0.140. The van der Waals surface area contributed by atoms with Crippen molar-refractivity contribution in [3.63, 3.8) is 0 Å². The minimum atomic E-state index is -3.54. The molecule has 0 atom stereocenters. The number of thiophene rings is 1. The summed E-state index contributed by atoms with van der Waals surface area (Å²) in [7, 11) is -1.72. The molecule has 114 valence electrons. The fourth-order valence-corrected chi connectivity index (χ4v) is 4.47. The number of sulfonamides is 1. The molecule has 2 rings (SSSR count). The van der Waals surface area contributed by atoms with E-state index in [2.05, 4.69) is 10.0 Å². The monoisotopic (exact) mass is 328 g/mol. The van der Waals surface area contributed by atoms with Crippen LogP contribution in [0.25, 0.3) is 0 Å². The summed E-state index contributed by atoms with van der Waals surface area (Å²) in [6.45, 7) is 2.67. The Hall–Kier alpha value is -1.28. The van der Waals surface area contributed by atoms with Gasteiger partial charge in [0.05, 0.1) is 0 Å². The molecule has 0 saturated carbocycles. The third-order valence-electron chi connectivity index (χ3n) is 2.98. The van der Waals surface area contributed by atoms with Gasteiger partial charge in [0, 0.05) is 18.0 Å². The first kappa shape index (κ1) is 16.1. The third kappa shape index (κ3) is 4.10. The molecule has 0 spiro atoms. The molecule has 0 aliphatic rings. The van der Waals surface area contributed by atoms with Gasteiger partial charge in [0.25, 0.3) is 0 Å². The van der Waals surface area contributed by atoms with E-state index in [-0.39, 0.29) is 12.4 Å². The second-order valence-electron chi connectivity index (χ2n) is 4.65. The van der Waals surface area contributed by atoms with Crippen LogP contribution in [0.15, 0.2) is 34.5 Å². The quantitative estimate of drug-likeness (QED) is 0.856. The topological polar surface area (TPSA) is 58.2 Å². The maximum atomic E-state index is 12.8. The van der Waals surface area contributed by atoms with Gasteiger partial charge >= 0.3 is 0 Å². The highest BCUT2D eigenvalue weighted by atomic mass is 32.2. The molecule has 0 radical (unpaired) electrons. The molecule has 1 aromatic carbocycles. The molecule has 7 heteroatoms. The summed E-state index contributed by atoms with van der Waals surface area (Å²) in [5.74, 6) is -0.341. The summed E-state index contributed by atoms with van der Waals surface area (Å²) in [4.78, 5) is 1.000. The van der Waals surface area contributed by atoms with Crippen molar-refractivity contribution in [1.82, 2.24) is 10.0 Å². The zero-order valence-electron chi connectivity index (χ0n) is 11.8. The first-order valence-corrected chi connectivity index (χ1v) is 8.70. The van der Waals surface area contributed by atoms with E-state index in [9.17, 15) is 12.8 Å². The number of hydrogen-bond acceptors (Lipinski definition) is 4. The first-order chi connectivity index (χ1) is 9.92. The van der Waals surface area contributed by atoms with Crippen molar-refractivity contribution in [2.75, 3.05) is 7.05 Å². The maximum Gasteiger partial charge on any atom is 0.250 e. The van der Waals surface area contributed by atoms with Crippen LogP contribution in [0.4, 0.5) is 4.39 Å². The minimum Gasteiger partial charge on any atom is -0.315 e. The van der Waals surface area contributed by atoms with Crippen molar-refractivity contribution in [2.24, 2.45) is 0 Å². The first-order valence-electron chi connectivity index (χ1n) is 6.40. The Balaban J connectivity index is 2.11. The Kier molecular flexibility index (Phi) is 5.10. The van der Waals surface area contributed by atoms with Gasteiger partial charge < -0.3 is 5.32 Å². The summed E-state index contributed by atoms with van der Waals surface area (Å²) in [6.07, 6.45) is 0. The van der Waals surface area contributed by atoms with Crippen LogP contribution in [0.5, 0.6) is 0 Å². The molecular weight excluding hydrogens is 311 g/mol. The molecule has 0 aliphatic heterocycles. The van der Waals surface area contributed by atoms with Gasteiger partial charge in [0.1, 0.15) is 10.0 Å². The summed E-state index contributed by atoms with van der Waals surface area (Å²) < 4.78 is 40.1. The number of halogens is 1. The van der Waals surface area contributed by atoms with Crippen LogP contribution in [0.1, 0.15) is 16.0 Å². The van der Waals surface area contributed by atoms with Crippen molar-refractivity contribution in [1.29, 1.82) is 0 Å². The molecule has 0 amide bonds. The van der Waals surface area contributed by atoms with Gasteiger partial charge in [-0.2, -0.15) is 0 Å². The number of benzene rings is 1. The molecule has 0 aliphatic carbocycles. The molecule has 0 bridgehead atoms. The predicted octanol–water partition coefficient (Wildman–Crippen LogP) is 2.39. The Morgan fingerprint density at radius 3 is 2.48 bits per heavy atom. The third-order valence-corrected chi connectivity index (χ3v) is 6.09. The molecule has 0 fully saturated rings. The molecular formula is C14H17FN2O2S2. The van der Waals surface area contributed by atoms with Gasteiger partial charge in [-0.15, -0.1) is 11.3 Å². The van der Waals surface area contributed by atoms with E-state index in [0.29, 0.717) is 16.3 Å². The Labute approximate surface area is 128 Å². The average molecular weight is 328 g/mol. The SMILES string of the molecule is CNCc1sc(S(=O)(=O)NCc2ccc(F)cc2)cc1C. The van der Waals surface area contributed by atoms with Crippen molar-refractivity contribution >= 4 is 21.4 Å². The van der Waals surface area contributed by atoms with E-state index in [1.807, 2.05) is 14.0 Å². The van der Waals surface area contributed by atoms with Gasteiger partial charge in [0.2, 0.25) is 10.0 Å². The highest BCUT2D eigenvalue weighted by Crippen LogP contribution is 2.25. The van der Waals surface area contributed by atoms with Crippen molar-refractivity contribution in [2.45, 2.75) is 24.2 Å². The number of hydrogen-bond donors (Lipinski definition) is 2. The molecule has 2 aromatic rings. The molecule has 1 aromatic heterocycles. The fraction of sp³-hybridized carbons (Fsp3) is 0.286. The van der Waals surface area contributed by atoms with Crippen molar-refractivity contribution in [3.8, 4) is 0 Å². The standard InChI is InChI=1S/C14H17FN2O2S2/c1-10-7-14(20-13(10)9-16-2)21(18,19)17-8-11-3-5-12(15)6-4-11/h3-7,16-17H,8-9H2,1-2H3. The average Bonchev–Trinajstić information content (AvgIpc) is 2.81. The van der Waals surface area contributed by atoms with Crippen LogP contribution >= 0.6 is 11.3 Å². The van der Waals surface area contributed by atoms with Crippen LogP contribution in [0.3, 0.4) is 0 Å². The van der Waals surface area contributed by atoms with Crippen LogP contribution in [-0.2, 0) is 23.1 Å². The van der Waals surface area contributed by atoms with E-state index in [0.717, 1.165) is 10.4 Å². The van der Waals surface area contributed by atoms with E-state index in [4.69, 9.17) is 0 Å².